The van der Waals surface area contributed by atoms with Gasteiger partial charge in [-0.25, -0.2) is 9.78 Å². The van der Waals surface area contributed by atoms with Gasteiger partial charge in [-0.3, -0.25) is 0 Å². The first-order chi connectivity index (χ1) is 15.7. The van der Waals surface area contributed by atoms with Crippen LogP contribution in [0.15, 0.2) is 54.6 Å². The predicted molar refractivity (Wildman–Crippen MR) is 126 cm³/mol. The first-order valence-electron chi connectivity index (χ1n) is 11.2. The number of nitrogens with one attached hydrogen (secondary N) is 1. The number of amides is 2. The van der Waals surface area contributed by atoms with E-state index in [4.69, 9.17) is 9.47 Å². The molecule has 7 heteroatoms. The van der Waals surface area contributed by atoms with Crippen LogP contribution in [-0.2, 0) is 0 Å². The van der Waals surface area contributed by atoms with Crippen LogP contribution >= 0.6 is 0 Å². The van der Waals surface area contributed by atoms with Crippen molar-refractivity contribution in [3.63, 3.8) is 0 Å². The molecule has 2 amide bonds. The Morgan fingerprint density at radius 1 is 1.06 bits per heavy atom. The summed E-state index contributed by atoms with van der Waals surface area (Å²) in [6, 6.07) is 17.8. The Morgan fingerprint density at radius 2 is 1.88 bits per heavy atom. The molecule has 1 saturated carbocycles. The summed E-state index contributed by atoms with van der Waals surface area (Å²) in [6.07, 6.45) is 2.57. The molecule has 2 heterocycles. The molecule has 0 bridgehead atoms. The van der Waals surface area contributed by atoms with Gasteiger partial charge in [0.1, 0.15) is 11.4 Å². The molecule has 0 atom stereocenters. The van der Waals surface area contributed by atoms with Crippen LogP contribution in [0.3, 0.4) is 0 Å². The maximum absolute atomic E-state index is 12.9. The number of para-hydroxylation sites is 1. The normalized spacial score (nSPS) is 16.2. The Balaban J connectivity index is 1.20. The zero-order chi connectivity index (χ0) is 21.9. The Morgan fingerprint density at radius 3 is 2.66 bits per heavy atom. The first-order valence-corrected chi connectivity index (χ1v) is 11.2. The van der Waals surface area contributed by atoms with Crippen LogP contribution in [0.25, 0.3) is 10.9 Å². The Labute approximate surface area is 187 Å². The predicted octanol–water partition coefficient (Wildman–Crippen LogP) is 4.39. The van der Waals surface area contributed by atoms with Crippen molar-refractivity contribution >= 4 is 28.3 Å². The lowest BCUT2D eigenvalue weighted by Crippen LogP contribution is -2.50. The molecular formula is C25H28N4O3. The third-order valence-corrected chi connectivity index (χ3v) is 6.06. The second kappa shape index (κ2) is 8.94. The van der Waals surface area contributed by atoms with Crippen molar-refractivity contribution in [1.82, 2.24) is 9.88 Å². The van der Waals surface area contributed by atoms with E-state index in [-0.39, 0.29) is 6.03 Å². The maximum atomic E-state index is 12.9. The van der Waals surface area contributed by atoms with Crippen LogP contribution in [0.5, 0.6) is 11.6 Å². The van der Waals surface area contributed by atoms with Gasteiger partial charge in [-0.2, -0.15) is 0 Å². The highest BCUT2D eigenvalue weighted by Crippen LogP contribution is 2.31. The third-order valence-electron chi connectivity index (χ3n) is 6.06. The summed E-state index contributed by atoms with van der Waals surface area (Å²) in [6.45, 7) is 3.63. The zero-order valence-electron chi connectivity index (χ0n) is 18.3. The van der Waals surface area contributed by atoms with Crippen molar-refractivity contribution in [2.75, 3.05) is 50.1 Å². The number of hydrogen-bond acceptors (Lipinski definition) is 5. The second-order valence-corrected chi connectivity index (χ2v) is 8.39. The van der Waals surface area contributed by atoms with E-state index in [0.717, 1.165) is 48.0 Å². The fourth-order valence-electron chi connectivity index (χ4n) is 3.97. The molecule has 0 radical (unpaired) electrons. The molecule has 1 N–H and O–H groups in total. The molecule has 1 aliphatic heterocycles. The molecule has 166 valence electrons. The summed E-state index contributed by atoms with van der Waals surface area (Å²) >= 11 is 0. The van der Waals surface area contributed by atoms with Gasteiger partial charge in [0.05, 0.1) is 19.2 Å². The van der Waals surface area contributed by atoms with E-state index in [0.29, 0.717) is 24.7 Å². The van der Waals surface area contributed by atoms with E-state index < -0.39 is 0 Å². The van der Waals surface area contributed by atoms with Crippen LogP contribution in [0, 0.1) is 5.92 Å². The lowest BCUT2D eigenvalue weighted by molar-refractivity contribution is 0.208. The standard InChI is InChI=1S/C25H28N4O3/c1-31-24-23(15-19-5-2-3-8-22(19)26-24)27-25(30)29-13-11-28(12-14-29)20-6-4-7-21(16-20)32-17-18-9-10-18/h2-8,15-16,18H,9-14,17H2,1H3,(H,27,30). The number of ether oxygens (including phenoxy) is 2. The van der Waals surface area contributed by atoms with Crippen molar-refractivity contribution in [3.8, 4) is 11.6 Å². The number of nitrogens with zero attached hydrogens (tertiary/aromatic N) is 3. The van der Waals surface area contributed by atoms with Gasteiger partial charge in [-0.15, -0.1) is 0 Å². The van der Waals surface area contributed by atoms with Crippen LogP contribution < -0.4 is 19.7 Å². The Kier molecular flexibility index (Phi) is 5.71. The number of anilines is 2. The third kappa shape index (κ3) is 4.56. The van der Waals surface area contributed by atoms with Gasteiger partial charge in [0, 0.05) is 43.3 Å². The average molecular weight is 433 g/mol. The molecule has 2 aromatic carbocycles. The van der Waals surface area contributed by atoms with Crippen molar-refractivity contribution < 1.29 is 14.3 Å². The minimum atomic E-state index is -0.137. The van der Waals surface area contributed by atoms with Gasteiger partial charge in [-0.05, 0) is 43.0 Å². The van der Waals surface area contributed by atoms with Gasteiger partial charge in [-0.1, -0.05) is 24.3 Å². The minimum absolute atomic E-state index is 0.137. The summed E-state index contributed by atoms with van der Waals surface area (Å²) in [5, 5.41) is 3.94. The molecule has 0 unspecified atom stereocenters. The molecule has 5 rings (SSSR count). The van der Waals surface area contributed by atoms with Crippen LogP contribution in [0.2, 0.25) is 0 Å². The quantitative estimate of drug-likeness (QED) is 0.626. The molecular weight excluding hydrogens is 404 g/mol. The smallest absolute Gasteiger partial charge is 0.322 e. The van der Waals surface area contributed by atoms with Crippen molar-refractivity contribution in [2.24, 2.45) is 5.92 Å². The molecule has 1 aromatic heterocycles. The van der Waals surface area contributed by atoms with E-state index in [1.165, 1.54) is 12.8 Å². The van der Waals surface area contributed by atoms with E-state index in [1.54, 1.807) is 7.11 Å². The fourth-order valence-corrected chi connectivity index (χ4v) is 3.97. The van der Waals surface area contributed by atoms with Crippen molar-refractivity contribution in [1.29, 1.82) is 0 Å². The molecule has 7 nitrogen and oxygen atoms in total. The maximum Gasteiger partial charge on any atom is 0.322 e. The number of fused-ring (bicyclic) bond motifs is 1. The van der Waals surface area contributed by atoms with E-state index in [1.807, 2.05) is 47.4 Å². The molecule has 1 aliphatic carbocycles. The molecule has 1 saturated heterocycles. The minimum Gasteiger partial charge on any atom is -0.493 e. The zero-order valence-corrected chi connectivity index (χ0v) is 18.3. The van der Waals surface area contributed by atoms with Gasteiger partial charge in [0.25, 0.3) is 0 Å². The molecule has 32 heavy (non-hydrogen) atoms. The molecule has 0 spiro atoms. The highest BCUT2D eigenvalue weighted by atomic mass is 16.5. The van der Waals surface area contributed by atoms with Crippen molar-refractivity contribution in [2.45, 2.75) is 12.8 Å². The molecule has 3 aromatic rings. The number of carbonyl (C=O) groups is 1. The largest absolute Gasteiger partial charge is 0.493 e. The topological polar surface area (TPSA) is 66.9 Å². The van der Waals surface area contributed by atoms with Crippen LogP contribution in [0.1, 0.15) is 12.8 Å². The van der Waals surface area contributed by atoms with Crippen LogP contribution in [-0.4, -0.2) is 55.8 Å². The van der Waals surface area contributed by atoms with Crippen LogP contribution in [0.4, 0.5) is 16.2 Å². The summed E-state index contributed by atoms with van der Waals surface area (Å²) in [5.74, 6) is 2.07. The molecule has 2 aliphatic rings. The van der Waals surface area contributed by atoms with Gasteiger partial charge >= 0.3 is 6.03 Å². The summed E-state index contributed by atoms with van der Waals surface area (Å²) in [7, 11) is 1.56. The summed E-state index contributed by atoms with van der Waals surface area (Å²) < 4.78 is 11.3. The number of hydrogen-bond donors (Lipinski definition) is 1. The number of benzene rings is 2. The van der Waals surface area contributed by atoms with Gasteiger partial charge in [0.2, 0.25) is 5.88 Å². The van der Waals surface area contributed by atoms with E-state index >= 15 is 0 Å². The fraction of sp³-hybridized carbons (Fsp3) is 0.360. The number of carbonyl (C=O) groups excluding carboxylic acids is 1. The summed E-state index contributed by atoms with van der Waals surface area (Å²) in [4.78, 5) is 21.6. The number of urea groups is 1. The number of methoxy groups -OCH3 is 1. The van der Waals surface area contributed by atoms with Gasteiger partial charge < -0.3 is 24.6 Å². The van der Waals surface area contributed by atoms with E-state index in [9.17, 15) is 4.79 Å². The Hall–Kier alpha value is -3.48. The highest BCUT2D eigenvalue weighted by Gasteiger charge is 2.24. The first kappa shape index (κ1) is 20.4. The highest BCUT2D eigenvalue weighted by molar-refractivity contribution is 5.94. The van der Waals surface area contributed by atoms with Crippen molar-refractivity contribution in [3.05, 3.63) is 54.6 Å². The number of rotatable bonds is 6. The lowest BCUT2D eigenvalue weighted by atomic mass is 10.2. The molecule has 2 fully saturated rings. The second-order valence-electron chi connectivity index (χ2n) is 8.39. The lowest BCUT2D eigenvalue weighted by Gasteiger charge is -2.36. The number of pyridine rings is 1. The summed E-state index contributed by atoms with van der Waals surface area (Å²) in [5.41, 5.74) is 2.55. The number of piperazine rings is 1. The Bertz CT molecular complexity index is 1110. The van der Waals surface area contributed by atoms with Gasteiger partial charge in [0.15, 0.2) is 0 Å². The average Bonchev–Trinajstić information content (AvgIpc) is 3.67. The SMILES string of the molecule is COc1nc2ccccc2cc1NC(=O)N1CCN(c2cccc(OCC3CC3)c2)CC1. The van der Waals surface area contributed by atoms with E-state index in [2.05, 4.69) is 27.3 Å². The number of aromatic nitrogens is 1. The monoisotopic (exact) mass is 432 g/mol.